The molecular weight excluding hydrogens is 216 g/mol. The molecule has 1 aliphatic heterocycles. The van der Waals surface area contributed by atoms with Crippen LogP contribution in [0.4, 0.5) is 5.82 Å². The third-order valence-electron chi connectivity index (χ3n) is 3.32. The van der Waals surface area contributed by atoms with E-state index < -0.39 is 0 Å². The van der Waals surface area contributed by atoms with Gasteiger partial charge in [0, 0.05) is 23.9 Å². The van der Waals surface area contributed by atoms with Crippen molar-refractivity contribution in [1.29, 1.82) is 0 Å². The van der Waals surface area contributed by atoms with Gasteiger partial charge in [-0.05, 0) is 12.8 Å². The Morgan fingerprint density at radius 2 is 2.24 bits per heavy atom. The molecule has 0 aliphatic carbocycles. The van der Waals surface area contributed by atoms with Crippen LogP contribution in [0.1, 0.15) is 46.3 Å². The SMILES string of the molecule is CCC1CCN(c2cc(C(C)(C)C)on2)C1=O. The van der Waals surface area contributed by atoms with Crippen molar-refractivity contribution in [3.8, 4) is 0 Å². The maximum atomic E-state index is 12.0. The Hall–Kier alpha value is -1.32. The first-order chi connectivity index (χ1) is 7.93. The Balaban J connectivity index is 2.19. The summed E-state index contributed by atoms with van der Waals surface area (Å²) in [4.78, 5) is 13.8. The number of nitrogens with zero attached hydrogens (tertiary/aromatic N) is 2. The zero-order valence-corrected chi connectivity index (χ0v) is 11.0. The molecule has 0 saturated carbocycles. The number of carbonyl (C=O) groups is 1. The van der Waals surface area contributed by atoms with Crippen LogP contribution < -0.4 is 4.90 Å². The van der Waals surface area contributed by atoms with Gasteiger partial charge in [0.1, 0.15) is 5.76 Å². The van der Waals surface area contributed by atoms with E-state index in [-0.39, 0.29) is 17.2 Å². The highest BCUT2D eigenvalue weighted by atomic mass is 16.5. The molecule has 0 bridgehead atoms. The molecule has 2 heterocycles. The van der Waals surface area contributed by atoms with Gasteiger partial charge in [0.15, 0.2) is 5.82 Å². The molecule has 0 spiro atoms. The van der Waals surface area contributed by atoms with Crippen molar-refractivity contribution in [2.24, 2.45) is 5.92 Å². The fourth-order valence-electron chi connectivity index (χ4n) is 2.09. The van der Waals surface area contributed by atoms with Crippen molar-refractivity contribution >= 4 is 11.7 Å². The van der Waals surface area contributed by atoms with Crippen molar-refractivity contribution < 1.29 is 9.32 Å². The van der Waals surface area contributed by atoms with E-state index in [4.69, 9.17) is 4.52 Å². The zero-order valence-electron chi connectivity index (χ0n) is 11.0. The van der Waals surface area contributed by atoms with Crippen LogP contribution in [0.15, 0.2) is 10.6 Å². The minimum atomic E-state index is -0.0713. The highest BCUT2D eigenvalue weighted by molar-refractivity contribution is 5.96. The standard InChI is InChI=1S/C13H20N2O2/c1-5-9-6-7-15(12(9)16)11-8-10(17-14-11)13(2,3)4/h8-9H,5-7H2,1-4H3. The molecule has 1 aliphatic rings. The van der Waals surface area contributed by atoms with Gasteiger partial charge in [-0.2, -0.15) is 0 Å². The van der Waals surface area contributed by atoms with Crippen LogP contribution in [0.3, 0.4) is 0 Å². The van der Waals surface area contributed by atoms with Crippen LogP contribution in [0.25, 0.3) is 0 Å². The van der Waals surface area contributed by atoms with Crippen molar-refractivity contribution in [3.63, 3.8) is 0 Å². The second kappa shape index (κ2) is 4.17. The highest BCUT2D eigenvalue weighted by Crippen LogP contribution is 2.30. The lowest BCUT2D eigenvalue weighted by molar-refractivity contribution is -0.120. The number of rotatable bonds is 2. The normalized spacial score (nSPS) is 21.3. The quantitative estimate of drug-likeness (QED) is 0.793. The number of anilines is 1. The molecule has 1 amide bonds. The monoisotopic (exact) mass is 236 g/mol. The minimum absolute atomic E-state index is 0.0713. The van der Waals surface area contributed by atoms with E-state index in [0.29, 0.717) is 5.82 Å². The zero-order chi connectivity index (χ0) is 12.6. The maximum Gasteiger partial charge on any atom is 0.231 e. The Morgan fingerprint density at radius 1 is 1.53 bits per heavy atom. The van der Waals surface area contributed by atoms with Gasteiger partial charge in [-0.3, -0.25) is 9.69 Å². The van der Waals surface area contributed by atoms with E-state index in [2.05, 4.69) is 32.9 Å². The minimum Gasteiger partial charge on any atom is -0.359 e. The van der Waals surface area contributed by atoms with Crippen LogP contribution in [0.2, 0.25) is 0 Å². The molecule has 0 N–H and O–H groups in total. The topological polar surface area (TPSA) is 46.3 Å². The highest BCUT2D eigenvalue weighted by Gasteiger charge is 2.33. The van der Waals surface area contributed by atoms with Gasteiger partial charge in [-0.1, -0.05) is 32.9 Å². The van der Waals surface area contributed by atoms with Gasteiger partial charge < -0.3 is 4.52 Å². The smallest absolute Gasteiger partial charge is 0.231 e. The van der Waals surface area contributed by atoms with Crippen molar-refractivity contribution in [2.75, 3.05) is 11.4 Å². The molecule has 1 atom stereocenters. The van der Waals surface area contributed by atoms with Crippen LogP contribution >= 0.6 is 0 Å². The lowest BCUT2D eigenvalue weighted by Crippen LogP contribution is -2.27. The Morgan fingerprint density at radius 3 is 2.71 bits per heavy atom. The molecule has 17 heavy (non-hydrogen) atoms. The second-order valence-electron chi connectivity index (χ2n) is 5.68. The van der Waals surface area contributed by atoms with Gasteiger partial charge in [-0.25, -0.2) is 0 Å². The molecule has 0 radical (unpaired) electrons. The number of hydrogen-bond donors (Lipinski definition) is 0. The Labute approximate surface area is 102 Å². The predicted octanol–water partition coefficient (Wildman–Crippen LogP) is 2.74. The summed E-state index contributed by atoms with van der Waals surface area (Å²) in [6, 6.07) is 1.88. The molecule has 1 fully saturated rings. The fraction of sp³-hybridized carbons (Fsp3) is 0.692. The lowest BCUT2D eigenvalue weighted by Gasteiger charge is -2.13. The van der Waals surface area contributed by atoms with E-state index in [1.54, 1.807) is 4.90 Å². The van der Waals surface area contributed by atoms with Gasteiger partial charge in [0.05, 0.1) is 0 Å². The summed E-state index contributed by atoms with van der Waals surface area (Å²) in [5.41, 5.74) is -0.0713. The summed E-state index contributed by atoms with van der Waals surface area (Å²) >= 11 is 0. The third-order valence-corrected chi connectivity index (χ3v) is 3.32. The molecular formula is C13H20N2O2. The summed E-state index contributed by atoms with van der Waals surface area (Å²) in [5.74, 6) is 1.82. The molecule has 1 aromatic heterocycles. The Kier molecular flexibility index (Phi) is 2.98. The fourth-order valence-corrected chi connectivity index (χ4v) is 2.09. The van der Waals surface area contributed by atoms with Crippen LogP contribution in [-0.2, 0) is 10.2 Å². The van der Waals surface area contributed by atoms with Crippen molar-refractivity contribution in [3.05, 3.63) is 11.8 Å². The summed E-state index contributed by atoms with van der Waals surface area (Å²) < 4.78 is 5.31. The number of hydrogen-bond acceptors (Lipinski definition) is 3. The summed E-state index contributed by atoms with van der Waals surface area (Å²) in [6.45, 7) is 9.01. The second-order valence-corrected chi connectivity index (χ2v) is 5.68. The van der Waals surface area contributed by atoms with Crippen molar-refractivity contribution in [2.45, 2.75) is 46.0 Å². The average molecular weight is 236 g/mol. The first-order valence-corrected chi connectivity index (χ1v) is 6.22. The summed E-state index contributed by atoms with van der Waals surface area (Å²) in [7, 11) is 0. The van der Waals surface area contributed by atoms with E-state index >= 15 is 0 Å². The largest absolute Gasteiger partial charge is 0.359 e. The summed E-state index contributed by atoms with van der Waals surface area (Å²) in [5, 5.41) is 4.01. The molecule has 2 rings (SSSR count). The lowest BCUT2D eigenvalue weighted by atomic mass is 9.93. The molecule has 4 nitrogen and oxygen atoms in total. The van der Waals surface area contributed by atoms with Crippen LogP contribution in [0.5, 0.6) is 0 Å². The number of aromatic nitrogens is 1. The predicted molar refractivity (Wildman–Crippen MR) is 66.0 cm³/mol. The van der Waals surface area contributed by atoms with E-state index in [9.17, 15) is 4.79 Å². The average Bonchev–Trinajstić information content (AvgIpc) is 2.82. The molecule has 1 unspecified atom stereocenters. The van der Waals surface area contributed by atoms with E-state index in [0.717, 1.165) is 25.1 Å². The van der Waals surface area contributed by atoms with Crippen LogP contribution in [0, 0.1) is 5.92 Å². The first kappa shape index (κ1) is 12.1. The van der Waals surface area contributed by atoms with Gasteiger partial charge in [-0.15, -0.1) is 0 Å². The number of carbonyl (C=O) groups excluding carboxylic acids is 1. The van der Waals surface area contributed by atoms with Gasteiger partial charge in [0.2, 0.25) is 5.91 Å². The van der Waals surface area contributed by atoms with Gasteiger partial charge >= 0.3 is 0 Å². The van der Waals surface area contributed by atoms with Crippen molar-refractivity contribution in [1.82, 2.24) is 5.16 Å². The molecule has 0 aromatic carbocycles. The number of amides is 1. The molecule has 1 aromatic rings. The summed E-state index contributed by atoms with van der Waals surface area (Å²) in [6.07, 6.45) is 1.83. The molecule has 4 heteroatoms. The molecule has 94 valence electrons. The third kappa shape index (κ3) is 2.21. The van der Waals surface area contributed by atoms with Crippen LogP contribution in [-0.4, -0.2) is 17.6 Å². The maximum absolute atomic E-state index is 12.0. The Bertz CT molecular complexity index is 417. The van der Waals surface area contributed by atoms with Gasteiger partial charge in [0.25, 0.3) is 0 Å². The van der Waals surface area contributed by atoms with E-state index in [1.165, 1.54) is 0 Å². The van der Waals surface area contributed by atoms with E-state index in [1.807, 2.05) is 6.07 Å². The first-order valence-electron chi connectivity index (χ1n) is 6.22. The molecule has 1 saturated heterocycles.